The van der Waals surface area contributed by atoms with Gasteiger partial charge < -0.3 is 5.73 Å². The van der Waals surface area contributed by atoms with E-state index < -0.39 is 0 Å². The zero-order valence-corrected chi connectivity index (χ0v) is 10.5. The van der Waals surface area contributed by atoms with Crippen molar-refractivity contribution in [3.05, 3.63) is 20.8 Å². The number of thiophene rings is 1. The van der Waals surface area contributed by atoms with Crippen LogP contribution >= 0.6 is 27.3 Å². The summed E-state index contributed by atoms with van der Waals surface area (Å²) in [5.74, 6) is 0.579. The molecule has 0 fully saturated rings. The Kier molecular flexibility index (Phi) is 4.42. The topological polar surface area (TPSA) is 26.0 Å². The highest BCUT2D eigenvalue weighted by Gasteiger charge is 2.12. The molecule has 3 heteroatoms. The molecule has 0 bridgehead atoms. The average molecular weight is 262 g/mol. The number of nitrogens with two attached hydrogens (primary N) is 1. The summed E-state index contributed by atoms with van der Waals surface area (Å²) in [6.07, 6.45) is 2.17. The van der Waals surface area contributed by atoms with Crippen molar-refractivity contribution in [1.29, 1.82) is 0 Å². The van der Waals surface area contributed by atoms with Gasteiger partial charge in [-0.2, -0.15) is 0 Å². The highest BCUT2D eigenvalue weighted by molar-refractivity contribution is 9.11. The fraction of sp³-hybridized carbons (Fsp3) is 0.600. The molecule has 1 heterocycles. The molecule has 1 aromatic rings. The van der Waals surface area contributed by atoms with Crippen LogP contribution in [0.4, 0.5) is 0 Å². The maximum atomic E-state index is 5.96. The summed E-state index contributed by atoms with van der Waals surface area (Å²) >= 11 is 5.27. The second-order valence-electron chi connectivity index (χ2n) is 3.46. The lowest BCUT2D eigenvalue weighted by Crippen LogP contribution is -2.28. The van der Waals surface area contributed by atoms with Crippen LogP contribution in [0.3, 0.4) is 0 Å². The molecule has 74 valence electrons. The van der Waals surface area contributed by atoms with Gasteiger partial charge in [-0.15, -0.1) is 11.3 Å². The van der Waals surface area contributed by atoms with Crippen LogP contribution in [0.15, 0.2) is 15.9 Å². The number of hydrogen-bond acceptors (Lipinski definition) is 2. The van der Waals surface area contributed by atoms with E-state index in [1.165, 1.54) is 8.66 Å². The molecule has 0 aliphatic heterocycles. The van der Waals surface area contributed by atoms with Crippen LogP contribution in [0.5, 0.6) is 0 Å². The van der Waals surface area contributed by atoms with Crippen LogP contribution in [0.2, 0.25) is 0 Å². The van der Waals surface area contributed by atoms with Crippen molar-refractivity contribution in [2.45, 2.75) is 32.7 Å². The third-order valence-corrected chi connectivity index (χ3v) is 4.00. The molecular formula is C10H16BrNS. The summed E-state index contributed by atoms with van der Waals surface area (Å²) in [5, 5.41) is 0. The van der Waals surface area contributed by atoms with E-state index in [4.69, 9.17) is 5.73 Å². The van der Waals surface area contributed by atoms with E-state index in [1.54, 1.807) is 11.3 Å². The van der Waals surface area contributed by atoms with Gasteiger partial charge in [-0.05, 0) is 46.8 Å². The van der Waals surface area contributed by atoms with E-state index in [-0.39, 0.29) is 0 Å². The molecule has 0 saturated heterocycles. The van der Waals surface area contributed by atoms with E-state index in [1.807, 2.05) is 0 Å². The lowest BCUT2D eigenvalue weighted by atomic mass is 9.96. The summed E-state index contributed by atoms with van der Waals surface area (Å²) in [6, 6.07) is 4.61. The normalized spacial score (nSPS) is 15.7. The lowest BCUT2D eigenvalue weighted by Gasteiger charge is -2.16. The van der Waals surface area contributed by atoms with Gasteiger partial charge in [0.05, 0.1) is 3.79 Å². The maximum absolute atomic E-state index is 5.96. The highest BCUT2D eigenvalue weighted by atomic mass is 79.9. The number of rotatable bonds is 4. The maximum Gasteiger partial charge on any atom is 0.0701 e. The second-order valence-corrected chi connectivity index (χ2v) is 6.01. The Bertz CT molecular complexity index is 259. The molecule has 0 radical (unpaired) electrons. The van der Waals surface area contributed by atoms with Gasteiger partial charge in [0.1, 0.15) is 0 Å². The molecule has 13 heavy (non-hydrogen) atoms. The number of halogens is 1. The minimum atomic E-state index is 0.334. The number of hydrogen-bond donors (Lipinski definition) is 1. The van der Waals surface area contributed by atoms with Crippen molar-refractivity contribution < 1.29 is 0 Å². The molecule has 2 N–H and O–H groups in total. The van der Waals surface area contributed by atoms with Crippen LogP contribution in [0, 0.1) is 5.92 Å². The van der Waals surface area contributed by atoms with Gasteiger partial charge in [0.25, 0.3) is 0 Å². The predicted octanol–water partition coefficient (Wildman–Crippen LogP) is 3.43. The zero-order valence-electron chi connectivity index (χ0n) is 8.09. The third-order valence-electron chi connectivity index (χ3n) is 2.35. The Morgan fingerprint density at radius 2 is 2.23 bits per heavy atom. The molecule has 2 atom stereocenters. The zero-order chi connectivity index (χ0) is 9.84. The Morgan fingerprint density at radius 3 is 2.69 bits per heavy atom. The summed E-state index contributed by atoms with van der Waals surface area (Å²) < 4.78 is 1.21. The summed E-state index contributed by atoms with van der Waals surface area (Å²) in [7, 11) is 0. The smallest absolute Gasteiger partial charge is 0.0701 e. The molecule has 0 aromatic carbocycles. The first-order chi connectivity index (χ1) is 6.13. The van der Waals surface area contributed by atoms with Crippen LogP contribution in [-0.2, 0) is 6.42 Å². The SMILES string of the molecule is CCC(N)C(C)Cc1ccc(Br)s1. The Morgan fingerprint density at radius 1 is 1.54 bits per heavy atom. The molecule has 2 unspecified atom stereocenters. The Labute approximate surface area is 92.5 Å². The van der Waals surface area contributed by atoms with Crippen LogP contribution in [-0.4, -0.2) is 6.04 Å². The molecule has 1 aromatic heterocycles. The standard InChI is InChI=1S/C10H16BrNS/c1-3-9(12)7(2)6-8-4-5-10(11)13-8/h4-5,7,9H,3,6,12H2,1-2H3. The molecule has 0 amide bonds. The fourth-order valence-electron chi connectivity index (χ4n) is 1.33. The van der Waals surface area contributed by atoms with Crippen molar-refractivity contribution in [1.82, 2.24) is 0 Å². The van der Waals surface area contributed by atoms with E-state index >= 15 is 0 Å². The van der Waals surface area contributed by atoms with Gasteiger partial charge in [-0.25, -0.2) is 0 Å². The molecule has 1 rings (SSSR count). The van der Waals surface area contributed by atoms with Gasteiger partial charge in [0, 0.05) is 10.9 Å². The second kappa shape index (κ2) is 5.13. The van der Waals surface area contributed by atoms with Crippen LogP contribution in [0.25, 0.3) is 0 Å². The Balaban J connectivity index is 2.49. The Hall–Kier alpha value is 0.140. The lowest BCUT2D eigenvalue weighted by molar-refractivity contribution is 0.445. The van der Waals surface area contributed by atoms with Crippen molar-refractivity contribution in [2.75, 3.05) is 0 Å². The van der Waals surface area contributed by atoms with Crippen LogP contribution in [0.1, 0.15) is 25.1 Å². The largest absolute Gasteiger partial charge is 0.327 e. The summed E-state index contributed by atoms with van der Waals surface area (Å²) in [5.41, 5.74) is 5.96. The molecule has 0 aliphatic carbocycles. The third kappa shape index (κ3) is 3.41. The molecule has 1 nitrogen and oxygen atoms in total. The van der Waals surface area contributed by atoms with E-state index in [0.29, 0.717) is 12.0 Å². The first-order valence-corrected chi connectivity index (χ1v) is 6.24. The fourth-order valence-corrected chi connectivity index (χ4v) is 2.96. The van der Waals surface area contributed by atoms with Gasteiger partial charge in [0.15, 0.2) is 0 Å². The minimum absolute atomic E-state index is 0.334. The van der Waals surface area contributed by atoms with Crippen molar-refractivity contribution in [2.24, 2.45) is 11.7 Å². The first kappa shape index (κ1) is 11.2. The van der Waals surface area contributed by atoms with Gasteiger partial charge in [0.2, 0.25) is 0 Å². The molecule has 0 saturated carbocycles. The van der Waals surface area contributed by atoms with Gasteiger partial charge in [-0.1, -0.05) is 13.8 Å². The van der Waals surface area contributed by atoms with Crippen molar-refractivity contribution >= 4 is 27.3 Å². The first-order valence-electron chi connectivity index (χ1n) is 4.63. The average Bonchev–Trinajstić information content (AvgIpc) is 2.49. The van der Waals surface area contributed by atoms with Crippen LogP contribution < -0.4 is 5.73 Å². The molecule has 0 aliphatic rings. The quantitative estimate of drug-likeness (QED) is 0.883. The monoisotopic (exact) mass is 261 g/mol. The van der Waals surface area contributed by atoms with Crippen molar-refractivity contribution in [3.63, 3.8) is 0 Å². The van der Waals surface area contributed by atoms with Gasteiger partial charge in [-0.3, -0.25) is 0 Å². The molecule has 0 spiro atoms. The minimum Gasteiger partial charge on any atom is -0.327 e. The van der Waals surface area contributed by atoms with E-state index in [0.717, 1.165) is 12.8 Å². The highest BCUT2D eigenvalue weighted by Crippen LogP contribution is 2.25. The van der Waals surface area contributed by atoms with E-state index in [9.17, 15) is 0 Å². The van der Waals surface area contributed by atoms with Crippen molar-refractivity contribution in [3.8, 4) is 0 Å². The van der Waals surface area contributed by atoms with E-state index in [2.05, 4.69) is 41.9 Å². The predicted molar refractivity (Wildman–Crippen MR) is 63.2 cm³/mol. The summed E-state index contributed by atoms with van der Waals surface area (Å²) in [4.78, 5) is 1.42. The molecular weight excluding hydrogens is 246 g/mol. The summed E-state index contributed by atoms with van der Waals surface area (Å²) in [6.45, 7) is 4.37. The van der Waals surface area contributed by atoms with Gasteiger partial charge >= 0.3 is 0 Å².